The molecule has 2 N–H and O–H groups in total. The molecule has 2 aromatic rings. The van der Waals surface area contributed by atoms with Crippen molar-refractivity contribution in [3.63, 3.8) is 0 Å². The topological polar surface area (TPSA) is 60.2 Å². The summed E-state index contributed by atoms with van der Waals surface area (Å²) >= 11 is 3.50. The summed E-state index contributed by atoms with van der Waals surface area (Å²) in [5.74, 6) is -0.151. The Labute approximate surface area is 149 Å². The fourth-order valence-corrected chi connectivity index (χ4v) is 3.45. The van der Waals surface area contributed by atoms with E-state index in [1.165, 1.54) is 0 Å². The average Bonchev–Trinajstić information content (AvgIpc) is 2.62. The van der Waals surface area contributed by atoms with E-state index in [1.807, 2.05) is 42.5 Å². The highest BCUT2D eigenvalue weighted by molar-refractivity contribution is 9.10. The molecular weight excluding hydrogens is 366 g/mol. The molecule has 3 rings (SSSR count). The number of Topliss-reactive ketones (excluding diaryl/α,β-unsaturated/α-hetero) is 1. The first kappa shape index (κ1) is 16.4. The minimum absolute atomic E-state index is 0.151. The molecule has 0 saturated heterocycles. The number of carbonyl (C=O) groups is 2. The zero-order chi connectivity index (χ0) is 17.2. The van der Waals surface area contributed by atoms with Gasteiger partial charge in [-0.2, -0.15) is 0 Å². The van der Waals surface area contributed by atoms with Crippen molar-refractivity contribution in [3.05, 3.63) is 77.9 Å². The number of alkyl halides is 1. The van der Waals surface area contributed by atoms with Gasteiger partial charge >= 0.3 is 0 Å². The molecule has 120 valence electrons. The van der Waals surface area contributed by atoms with Crippen LogP contribution in [0.15, 0.2) is 72.3 Å². The van der Waals surface area contributed by atoms with Crippen LogP contribution in [0.5, 0.6) is 0 Å². The number of nitrogens with two attached hydrogens (primary N) is 1. The molecule has 0 saturated carbocycles. The second kappa shape index (κ2) is 6.57. The zero-order valence-electron chi connectivity index (χ0n) is 12.9. The summed E-state index contributed by atoms with van der Waals surface area (Å²) in [6.45, 7) is 0. The molecule has 0 spiro atoms. The Balaban J connectivity index is 2.00. The molecule has 24 heavy (non-hydrogen) atoms. The van der Waals surface area contributed by atoms with Crippen LogP contribution >= 0.6 is 15.9 Å². The zero-order valence-corrected chi connectivity index (χ0v) is 14.5. The third kappa shape index (κ3) is 3.10. The van der Waals surface area contributed by atoms with Crippen LogP contribution in [0.3, 0.4) is 0 Å². The summed E-state index contributed by atoms with van der Waals surface area (Å²) in [5.41, 5.74) is 9.44. The first-order valence-corrected chi connectivity index (χ1v) is 8.35. The molecule has 0 radical (unpaired) electrons. The quantitative estimate of drug-likeness (QED) is 0.371. The number of ketones is 1. The lowest BCUT2D eigenvalue weighted by atomic mass is 9.86. The van der Waals surface area contributed by atoms with Gasteiger partial charge in [-0.15, -0.1) is 0 Å². The number of halogens is 1. The number of nitrogen functional groups attached to an aromatic ring is 1. The maximum atomic E-state index is 13.1. The number of carbonyl (C=O) groups excluding carboxylic acids is 2. The van der Waals surface area contributed by atoms with Crippen molar-refractivity contribution in [2.75, 3.05) is 5.73 Å². The highest BCUT2D eigenvalue weighted by atomic mass is 79.9. The number of rotatable bonds is 4. The minimum Gasteiger partial charge on any atom is -0.398 e. The van der Waals surface area contributed by atoms with Crippen LogP contribution in [0, 0.1) is 0 Å². The predicted octanol–water partition coefficient (Wildman–Crippen LogP) is 4.34. The van der Waals surface area contributed by atoms with E-state index < -0.39 is 4.32 Å². The maximum Gasteiger partial charge on any atom is 0.185 e. The lowest BCUT2D eigenvalue weighted by molar-refractivity contribution is -0.105. The first-order valence-electron chi connectivity index (χ1n) is 7.56. The molecule has 0 heterocycles. The van der Waals surface area contributed by atoms with Crippen LogP contribution in [0.4, 0.5) is 5.69 Å². The van der Waals surface area contributed by atoms with E-state index in [9.17, 15) is 9.59 Å². The Morgan fingerprint density at radius 1 is 1.12 bits per heavy atom. The monoisotopic (exact) mass is 381 g/mol. The number of hydrogen-bond acceptors (Lipinski definition) is 3. The van der Waals surface area contributed by atoms with Crippen molar-refractivity contribution in [1.82, 2.24) is 0 Å². The van der Waals surface area contributed by atoms with Crippen molar-refractivity contribution in [1.29, 1.82) is 0 Å². The van der Waals surface area contributed by atoms with E-state index in [0.29, 0.717) is 23.2 Å². The number of benzene rings is 2. The van der Waals surface area contributed by atoms with Gasteiger partial charge in [-0.05, 0) is 28.8 Å². The van der Waals surface area contributed by atoms with Crippen molar-refractivity contribution in [3.8, 4) is 11.1 Å². The Morgan fingerprint density at radius 2 is 1.88 bits per heavy atom. The maximum absolute atomic E-state index is 13.1. The standard InChI is InChI=1S/C20H16BrNO2/c21-20(10-4-5-14(12-20)13-23)19(24)17-11-16(8-9-18(17)22)15-6-2-1-3-7-15/h1-11,13H,12,22H2. The molecule has 1 aliphatic carbocycles. The van der Waals surface area contributed by atoms with Crippen molar-refractivity contribution in [2.45, 2.75) is 10.7 Å². The van der Waals surface area contributed by atoms with E-state index >= 15 is 0 Å². The largest absolute Gasteiger partial charge is 0.398 e. The van der Waals surface area contributed by atoms with Crippen LogP contribution in [0.2, 0.25) is 0 Å². The number of aldehydes is 1. The molecule has 4 heteroatoms. The van der Waals surface area contributed by atoms with E-state index in [1.54, 1.807) is 24.3 Å². The average molecular weight is 382 g/mol. The van der Waals surface area contributed by atoms with Gasteiger partial charge in [0, 0.05) is 17.7 Å². The Morgan fingerprint density at radius 3 is 2.58 bits per heavy atom. The summed E-state index contributed by atoms with van der Waals surface area (Å²) in [6, 6.07) is 15.3. The van der Waals surface area contributed by atoms with Crippen molar-refractivity contribution < 1.29 is 9.59 Å². The fraction of sp³-hybridized carbons (Fsp3) is 0.100. The van der Waals surface area contributed by atoms with Crippen LogP contribution in [0.25, 0.3) is 11.1 Å². The lowest BCUT2D eigenvalue weighted by Crippen LogP contribution is -2.32. The van der Waals surface area contributed by atoms with E-state index in [2.05, 4.69) is 15.9 Å². The Hall–Kier alpha value is -2.46. The van der Waals surface area contributed by atoms with Gasteiger partial charge in [0.2, 0.25) is 0 Å². The molecule has 0 aliphatic heterocycles. The summed E-state index contributed by atoms with van der Waals surface area (Å²) in [6.07, 6.45) is 6.27. The molecule has 0 amide bonds. The van der Waals surface area contributed by atoms with E-state index in [-0.39, 0.29) is 5.78 Å². The second-order valence-electron chi connectivity index (χ2n) is 5.75. The Kier molecular flexibility index (Phi) is 4.49. The van der Waals surface area contributed by atoms with Gasteiger partial charge < -0.3 is 5.73 Å². The summed E-state index contributed by atoms with van der Waals surface area (Å²) in [7, 11) is 0. The smallest absolute Gasteiger partial charge is 0.185 e. The molecule has 3 nitrogen and oxygen atoms in total. The SMILES string of the molecule is Nc1ccc(-c2ccccc2)cc1C(=O)C1(Br)C=CC=C(C=O)C1. The summed E-state index contributed by atoms with van der Waals surface area (Å²) in [4.78, 5) is 24.1. The van der Waals surface area contributed by atoms with Gasteiger partial charge in [0.25, 0.3) is 0 Å². The van der Waals surface area contributed by atoms with Crippen molar-refractivity contribution >= 4 is 33.7 Å². The van der Waals surface area contributed by atoms with Crippen LogP contribution in [-0.4, -0.2) is 16.4 Å². The van der Waals surface area contributed by atoms with Gasteiger partial charge in [0.15, 0.2) is 5.78 Å². The third-order valence-corrected chi connectivity index (χ3v) is 4.97. The molecule has 0 aromatic heterocycles. The van der Waals surface area contributed by atoms with Gasteiger partial charge in [-0.1, -0.05) is 70.6 Å². The highest BCUT2D eigenvalue weighted by Gasteiger charge is 2.36. The number of hydrogen-bond donors (Lipinski definition) is 1. The summed E-state index contributed by atoms with van der Waals surface area (Å²) in [5, 5.41) is 0. The third-order valence-electron chi connectivity index (χ3n) is 4.07. The molecule has 0 fully saturated rings. The fourth-order valence-electron chi connectivity index (χ4n) is 2.76. The van der Waals surface area contributed by atoms with Crippen LogP contribution in [0.1, 0.15) is 16.8 Å². The molecule has 1 aliphatic rings. The van der Waals surface area contributed by atoms with Gasteiger partial charge in [-0.3, -0.25) is 9.59 Å². The molecule has 1 unspecified atom stereocenters. The highest BCUT2D eigenvalue weighted by Crippen LogP contribution is 2.36. The van der Waals surface area contributed by atoms with E-state index in [4.69, 9.17) is 5.73 Å². The molecule has 1 atom stereocenters. The summed E-state index contributed by atoms with van der Waals surface area (Å²) < 4.78 is -0.943. The Bertz CT molecular complexity index is 855. The second-order valence-corrected chi connectivity index (χ2v) is 7.17. The van der Waals surface area contributed by atoms with Gasteiger partial charge in [-0.25, -0.2) is 0 Å². The van der Waals surface area contributed by atoms with Crippen LogP contribution in [-0.2, 0) is 4.79 Å². The number of allylic oxidation sites excluding steroid dienone is 4. The van der Waals surface area contributed by atoms with Gasteiger partial charge in [0.05, 0.1) is 0 Å². The molecular formula is C20H16BrNO2. The van der Waals surface area contributed by atoms with E-state index in [0.717, 1.165) is 17.4 Å². The van der Waals surface area contributed by atoms with Gasteiger partial charge in [0.1, 0.15) is 10.6 Å². The minimum atomic E-state index is -0.943. The lowest BCUT2D eigenvalue weighted by Gasteiger charge is -2.25. The van der Waals surface area contributed by atoms with Crippen molar-refractivity contribution in [2.24, 2.45) is 0 Å². The molecule has 2 aromatic carbocycles. The van der Waals surface area contributed by atoms with Crippen LogP contribution < -0.4 is 5.73 Å². The normalized spacial score (nSPS) is 19.6. The number of anilines is 1. The first-order chi connectivity index (χ1) is 11.5. The molecule has 0 bridgehead atoms. The predicted molar refractivity (Wildman–Crippen MR) is 100 cm³/mol.